The normalized spacial score (nSPS) is 19.7. The summed E-state index contributed by atoms with van der Waals surface area (Å²) in [5, 5.41) is 13.4. The third-order valence-electron chi connectivity index (χ3n) is 5.89. The Morgan fingerprint density at radius 1 is 1.31 bits per heavy atom. The molecule has 35 heavy (non-hydrogen) atoms. The number of hydrogen-bond donors (Lipinski definition) is 2. The van der Waals surface area contributed by atoms with Gasteiger partial charge in [0.15, 0.2) is 0 Å². The molecule has 2 atom stereocenters. The summed E-state index contributed by atoms with van der Waals surface area (Å²) in [4.78, 5) is 32.2. The Labute approximate surface area is 200 Å². The van der Waals surface area contributed by atoms with Gasteiger partial charge in [-0.25, -0.2) is 10.4 Å². The van der Waals surface area contributed by atoms with Gasteiger partial charge in [0.05, 0.1) is 17.6 Å². The molecule has 0 spiro atoms. The standard InChI is InChI=1S/C24H23F3N6O2/c1-15-14-32-21(19(13-30-32)22(34)31-18-6-2-4-17(10-18)11-28)23(35)33(15)20-8-7-16(12-29-20)5-3-9-24(25,26)27/h2,4,6-8,10,12,14,19,21,30H,3,5,9,13H2,1H3,(H,31,34)/t19-,21?/m0/s1. The molecule has 2 N–H and O–H groups in total. The predicted molar refractivity (Wildman–Crippen MR) is 121 cm³/mol. The van der Waals surface area contributed by atoms with E-state index in [0.717, 1.165) is 0 Å². The van der Waals surface area contributed by atoms with Crippen LogP contribution in [-0.4, -0.2) is 40.6 Å². The molecule has 0 aliphatic carbocycles. The highest BCUT2D eigenvalue weighted by molar-refractivity contribution is 6.05. The van der Waals surface area contributed by atoms with Crippen molar-refractivity contribution in [2.75, 3.05) is 16.8 Å². The average Bonchev–Trinajstić information content (AvgIpc) is 3.23. The number of alkyl halides is 3. The van der Waals surface area contributed by atoms with E-state index < -0.39 is 24.6 Å². The molecule has 2 amide bonds. The highest BCUT2D eigenvalue weighted by atomic mass is 19.4. The SMILES string of the molecule is CC1=CN2NC[C@H](C(=O)Nc3cccc(C#N)c3)C2C(=O)N1c1ccc(CCCC(F)(F)F)cn1. The lowest BCUT2D eigenvalue weighted by Gasteiger charge is -2.36. The van der Waals surface area contributed by atoms with Gasteiger partial charge in [-0.2, -0.15) is 18.4 Å². The van der Waals surface area contributed by atoms with Gasteiger partial charge in [0.1, 0.15) is 11.9 Å². The molecule has 2 aliphatic heterocycles. The van der Waals surface area contributed by atoms with Crippen LogP contribution < -0.4 is 15.6 Å². The van der Waals surface area contributed by atoms with E-state index in [9.17, 15) is 22.8 Å². The molecular weight excluding hydrogens is 461 g/mol. The molecule has 0 bridgehead atoms. The van der Waals surface area contributed by atoms with Crippen LogP contribution in [0.4, 0.5) is 24.7 Å². The second-order valence-electron chi connectivity index (χ2n) is 8.44. The number of rotatable bonds is 6. The van der Waals surface area contributed by atoms with Crippen molar-refractivity contribution < 1.29 is 22.8 Å². The van der Waals surface area contributed by atoms with E-state index in [1.165, 1.54) is 11.1 Å². The Morgan fingerprint density at radius 2 is 2.11 bits per heavy atom. The number of fused-ring (bicyclic) bond motifs is 1. The highest BCUT2D eigenvalue weighted by Gasteiger charge is 2.47. The van der Waals surface area contributed by atoms with E-state index in [-0.39, 0.29) is 31.2 Å². The van der Waals surface area contributed by atoms with Crippen LogP contribution in [0.3, 0.4) is 0 Å². The minimum atomic E-state index is -4.20. The van der Waals surface area contributed by atoms with Crippen molar-refractivity contribution in [2.24, 2.45) is 5.92 Å². The summed E-state index contributed by atoms with van der Waals surface area (Å²) in [6.45, 7) is 1.97. The first-order chi connectivity index (χ1) is 16.7. The molecule has 0 radical (unpaired) electrons. The minimum absolute atomic E-state index is 0.0388. The summed E-state index contributed by atoms with van der Waals surface area (Å²) < 4.78 is 37.2. The number of carbonyl (C=O) groups excluding carboxylic acids is 2. The van der Waals surface area contributed by atoms with Crippen molar-refractivity contribution >= 4 is 23.3 Å². The molecule has 8 nitrogen and oxygen atoms in total. The molecule has 182 valence electrons. The first-order valence-corrected chi connectivity index (χ1v) is 11.0. The molecule has 4 rings (SSSR count). The number of aryl methyl sites for hydroxylation is 1. The van der Waals surface area contributed by atoms with Crippen LogP contribution in [0.25, 0.3) is 0 Å². The van der Waals surface area contributed by atoms with E-state index >= 15 is 0 Å². The van der Waals surface area contributed by atoms with E-state index in [1.54, 1.807) is 54.5 Å². The molecule has 3 heterocycles. The van der Waals surface area contributed by atoms with Crippen molar-refractivity contribution in [2.45, 2.75) is 38.4 Å². The van der Waals surface area contributed by atoms with Crippen LogP contribution in [0.5, 0.6) is 0 Å². The lowest BCUT2D eigenvalue weighted by molar-refractivity contribution is -0.135. The van der Waals surface area contributed by atoms with Gasteiger partial charge in [-0.3, -0.25) is 14.5 Å². The van der Waals surface area contributed by atoms with Crippen molar-refractivity contribution in [3.05, 3.63) is 65.6 Å². The predicted octanol–water partition coefficient (Wildman–Crippen LogP) is 3.49. The number of anilines is 2. The number of aromatic nitrogens is 1. The summed E-state index contributed by atoms with van der Waals surface area (Å²) >= 11 is 0. The van der Waals surface area contributed by atoms with E-state index in [1.807, 2.05) is 6.07 Å². The van der Waals surface area contributed by atoms with E-state index in [4.69, 9.17) is 5.26 Å². The summed E-state index contributed by atoms with van der Waals surface area (Å²) in [6.07, 6.45) is -1.69. The van der Waals surface area contributed by atoms with E-state index in [2.05, 4.69) is 15.7 Å². The zero-order valence-corrected chi connectivity index (χ0v) is 18.8. The summed E-state index contributed by atoms with van der Waals surface area (Å²) in [7, 11) is 0. The zero-order valence-electron chi connectivity index (χ0n) is 18.8. The maximum absolute atomic E-state index is 13.5. The van der Waals surface area contributed by atoms with Crippen LogP contribution in [0.1, 0.15) is 30.9 Å². The number of hydrazine groups is 1. The fraction of sp³-hybridized carbons (Fsp3) is 0.333. The quantitative estimate of drug-likeness (QED) is 0.651. The minimum Gasteiger partial charge on any atom is -0.326 e. The maximum atomic E-state index is 13.5. The summed E-state index contributed by atoms with van der Waals surface area (Å²) in [6, 6.07) is 11.0. The lowest BCUT2D eigenvalue weighted by Crippen LogP contribution is -2.53. The number of nitrogens with one attached hydrogen (secondary N) is 2. The first kappa shape index (κ1) is 24.2. The number of benzene rings is 1. The van der Waals surface area contributed by atoms with Crippen LogP contribution in [0, 0.1) is 17.2 Å². The number of allylic oxidation sites excluding steroid dienone is 1. The monoisotopic (exact) mass is 484 g/mol. The van der Waals surface area contributed by atoms with Crippen LogP contribution in [0.15, 0.2) is 54.5 Å². The molecule has 2 aliphatic rings. The first-order valence-electron chi connectivity index (χ1n) is 11.0. The Balaban J connectivity index is 1.48. The fourth-order valence-corrected chi connectivity index (χ4v) is 4.21. The molecular formula is C24H23F3N6O2. The summed E-state index contributed by atoms with van der Waals surface area (Å²) in [5.74, 6) is -1.09. The molecule has 0 saturated carbocycles. The Hall–Kier alpha value is -3.91. The van der Waals surface area contributed by atoms with Crippen LogP contribution in [0.2, 0.25) is 0 Å². The topological polar surface area (TPSA) is 101 Å². The average molecular weight is 484 g/mol. The summed E-state index contributed by atoms with van der Waals surface area (Å²) in [5.41, 5.74) is 5.15. The van der Waals surface area contributed by atoms with Crippen LogP contribution >= 0.6 is 0 Å². The molecule has 2 aromatic rings. The van der Waals surface area contributed by atoms with Gasteiger partial charge in [-0.05, 0) is 49.6 Å². The zero-order chi connectivity index (χ0) is 25.2. The molecule has 1 fully saturated rings. The number of amides is 2. The van der Waals surface area contributed by atoms with Crippen LogP contribution in [-0.2, 0) is 16.0 Å². The molecule has 1 unspecified atom stereocenters. The Kier molecular flexibility index (Phi) is 6.75. The van der Waals surface area contributed by atoms with Gasteiger partial charge in [0.25, 0.3) is 5.91 Å². The van der Waals surface area contributed by atoms with Gasteiger partial charge in [0, 0.05) is 36.7 Å². The third-order valence-corrected chi connectivity index (χ3v) is 5.89. The third kappa shape index (κ3) is 5.44. The molecule has 1 aromatic carbocycles. The van der Waals surface area contributed by atoms with Gasteiger partial charge in [0.2, 0.25) is 5.91 Å². The van der Waals surface area contributed by atoms with Crippen molar-refractivity contribution in [1.29, 1.82) is 5.26 Å². The van der Waals surface area contributed by atoms with Crippen molar-refractivity contribution in [1.82, 2.24) is 15.4 Å². The number of pyridine rings is 1. The number of hydrogen-bond acceptors (Lipinski definition) is 6. The Bertz CT molecular complexity index is 1190. The molecule has 11 heteroatoms. The largest absolute Gasteiger partial charge is 0.389 e. The van der Waals surface area contributed by atoms with Gasteiger partial charge in [-0.1, -0.05) is 12.1 Å². The van der Waals surface area contributed by atoms with Crippen molar-refractivity contribution in [3.8, 4) is 6.07 Å². The lowest BCUT2D eigenvalue weighted by atomic mass is 9.97. The maximum Gasteiger partial charge on any atom is 0.389 e. The smallest absolute Gasteiger partial charge is 0.326 e. The number of halogens is 3. The van der Waals surface area contributed by atoms with Gasteiger partial charge in [-0.15, -0.1) is 0 Å². The highest BCUT2D eigenvalue weighted by Crippen LogP contribution is 2.31. The van der Waals surface area contributed by atoms with Gasteiger partial charge < -0.3 is 10.3 Å². The molecule has 1 saturated heterocycles. The second kappa shape index (κ2) is 9.76. The second-order valence-corrected chi connectivity index (χ2v) is 8.44. The van der Waals surface area contributed by atoms with Gasteiger partial charge >= 0.3 is 6.18 Å². The number of nitrogens with zero attached hydrogens (tertiary/aromatic N) is 4. The number of nitriles is 1. The fourth-order valence-electron chi connectivity index (χ4n) is 4.21. The van der Waals surface area contributed by atoms with E-state index in [0.29, 0.717) is 28.3 Å². The Morgan fingerprint density at radius 3 is 2.80 bits per heavy atom. The molecule has 1 aromatic heterocycles. The number of carbonyl (C=O) groups is 2. The van der Waals surface area contributed by atoms with Crippen molar-refractivity contribution in [3.63, 3.8) is 0 Å².